The highest BCUT2D eigenvalue weighted by atomic mass is 35.5. The average molecular weight is 451 g/mol. The predicted octanol–water partition coefficient (Wildman–Crippen LogP) is 4.99. The van der Waals surface area contributed by atoms with Crippen molar-refractivity contribution in [1.29, 1.82) is 0 Å². The van der Waals surface area contributed by atoms with E-state index in [1.807, 2.05) is 25.1 Å². The fraction of sp³-hybridized carbons (Fsp3) is 0.211. The third kappa shape index (κ3) is 5.53. The molecule has 2 N–H and O–H groups in total. The first-order valence-electron chi connectivity index (χ1n) is 8.50. The van der Waals surface area contributed by atoms with Gasteiger partial charge in [-0.2, -0.15) is 0 Å². The normalized spacial score (nSPS) is 10.5. The van der Waals surface area contributed by atoms with Crippen molar-refractivity contribution in [3.05, 3.63) is 47.0 Å². The summed E-state index contributed by atoms with van der Waals surface area (Å²) >= 11 is 8.81. The van der Waals surface area contributed by atoms with Gasteiger partial charge in [0.05, 0.1) is 25.7 Å². The Kier molecular flexibility index (Phi) is 7.18. The van der Waals surface area contributed by atoms with Crippen LogP contribution in [0.4, 0.5) is 16.5 Å². The number of rotatable bonds is 8. The van der Waals surface area contributed by atoms with Crippen LogP contribution in [0.25, 0.3) is 0 Å². The molecule has 1 heterocycles. The molecule has 0 aliphatic rings. The summed E-state index contributed by atoms with van der Waals surface area (Å²) in [6.45, 7) is 1.93. The molecule has 10 heteroatoms. The molecule has 1 amide bonds. The van der Waals surface area contributed by atoms with Crippen LogP contribution in [-0.4, -0.2) is 36.1 Å². The maximum absolute atomic E-state index is 12.3. The number of hydrogen-bond acceptors (Lipinski definition) is 8. The molecule has 0 bridgehead atoms. The third-order valence-corrected chi connectivity index (χ3v) is 6.30. The van der Waals surface area contributed by atoms with Crippen LogP contribution >= 0.6 is 34.7 Å². The Hall–Kier alpha value is -2.49. The summed E-state index contributed by atoms with van der Waals surface area (Å²) in [6, 6.07) is 10.8. The van der Waals surface area contributed by atoms with Gasteiger partial charge < -0.3 is 20.1 Å². The number of halogens is 1. The number of hydrogen-bond donors (Lipinski definition) is 2. The number of ether oxygens (including phenoxy) is 2. The standard InChI is InChI=1S/C19H19ClN4O3S2/c1-11-13(20)5-4-6-14(11)22-18-23-24-19(29-18)28-10-17(25)21-15-9-12(26-2)7-8-16(15)27-3/h4-9H,10H2,1-3H3,(H,21,25)(H,22,23). The molecule has 0 atom stereocenters. The van der Waals surface area contributed by atoms with Gasteiger partial charge in [0, 0.05) is 16.8 Å². The fourth-order valence-corrected chi connectivity index (χ4v) is 4.14. The van der Waals surface area contributed by atoms with Gasteiger partial charge in [-0.3, -0.25) is 4.79 Å². The number of aromatic nitrogens is 2. The van der Waals surface area contributed by atoms with Gasteiger partial charge in [-0.15, -0.1) is 10.2 Å². The number of carbonyl (C=O) groups excluding carboxylic acids is 1. The summed E-state index contributed by atoms with van der Waals surface area (Å²) in [5, 5.41) is 15.6. The lowest BCUT2D eigenvalue weighted by Crippen LogP contribution is -2.14. The lowest BCUT2D eigenvalue weighted by Gasteiger charge is -2.11. The number of amides is 1. The quantitative estimate of drug-likeness (QED) is 0.467. The van der Waals surface area contributed by atoms with E-state index in [-0.39, 0.29) is 11.7 Å². The molecule has 2 aromatic carbocycles. The Bertz CT molecular complexity index is 1010. The van der Waals surface area contributed by atoms with Crippen LogP contribution in [-0.2, 0) is 4.79 Å². The highest BCUT2D eigenvalue weighted by Gasteiger charge is 2.12. The van der Waals surface area contributed by atoms with Crippen molar-refractivity contribution < 1.29 is 14.3 Å². The summed E-state index contributed by atoms with van der Waals surface area (Å²) in [5.41, 5.74) is 2.35. The molecule has 3 aromatic rings. The molecule has 152 valence electrons. The highest BCUT2D eigenvalue weighted by Crippen LogP contribution is 2.32. The number of benzene rings is 2. The van der Waals surface area contributed by atoms with Crippen molar-refractivity contribution >= 4 is 57.1 Å². The number of nitrogens with zero attached hydrogens (tertiary/aromatic N) is 2. The van der Waals surface area contributed by atoms with E-state index in [1.54, 1.807) is 32.4 Å². The zero-order valence-electron chi connectivity index (χ0n) is 16.0. The molecule has 0 fully saturated rings. The monoisotopic (exact) mass is 450 g/mol. The molecule has 0 radical (unpaired) electrons. The SMILES string of the molecule is COc1ccc(OC)c(NC(=O)CSc2nnc(Nc3cccc(Cl)c3C)s2)c1. The average Bonchev–Trinajstić information content (AvgIpc) is 3.17. The fourth-order valence-electron chi connectivity index (χ4n) is 2.40. The van der Waals surface area contributed by atoms with E-state index in [2.05, 4.69) is 20.8 Å². The first kappa shape index (κ1) is 21.2. The Balaban J connectivity index is 1.58. The number of methoxy groups -OCH3 is 2. The van der Waals surface area contributed by atoms with Crippen molar-refractivity contribution in [2.45, 2.75) is 11.3 Å². The summed E-state index contributed by atoms with van der Waals surface area (Å²) in [4.78, 5) is 12.3. The lowest BCUT2D eigenvalue weighted by molar-refractivity contribution is -0.113. The molecule has 0 unspecified atom stereocenters. The second kappa shape index (κ2) is 9.82. The molecule has 7 nitrogen and oxygen atoms in total. The third-order valence-electron chi connectivity index (χ3n) is 3.92. The van der Waals surface area contributed by atoms with E-state index < -0.39 is 0 Å². The Morgan fingerprint density at radius 2 is 2.00 bits per heavy atom. The largest absolute Gasteiger partial charge is 0.497 e. The zero-order chi connectivity index (χ0) is 20.8. The molecule has 1 aromatic heterocycles. The number of anilines is 3. The van der Waals surface area contributed by atoms with E-state index in [0.29, 0.717) is 31.7 Å². The molecule has 0 spiro atoms. The molecular weight excluding hydrogens is 432 g/mol. The molecule has 3 rings (SSSR count). The summed E-state index contributed by atoms with van der Waals surface area (Å²) < 4.78 is 11.1. The lowest BCUT2D eigenvalue weighted by atomic mass is 10.2. The van der Waals surface area contributed by atoms with Gasteiger partial charge in [-0.05, 0) is 36.8 Å². The van der Waals surface area contributed by atoms with Crippen LogP contribution in [0.2, 0.25) is 5.02 Å². The zero-order valence-corrected chi connectivity index (χ0v) is 18.4. The van der Waals surface area contributed by atoms with Crippen LogP contribution in [0.15, 0.2) is 40.7 Å². The minimum absolute atomic E-state index is 0.183. The van der Waals surface area contributed by atoms with Crippen molar-refractivity contribution in [1.82, 2.24) is 10.2 Å². The number of carbonyl (C=O) groups is 1. The summed E-state index contributed by atoms with van der Waals surface area (Å²) in [5.74, 6) is 1.19. The van der Waals surface area contributed by atoms with Gasteiger partial charge in [0.2, 0.25) is 11.0 Å². The molecule has 0 aliphatic heterocycles. The van der Waals surface area contributed by atoms with E-state index >= 15 is 0 Å². The van der Waals surface area contributed by atoms with E-state index in [4.69, 9.17) is 21.1 Å². The van der Waals surface area contributed by atoms with Gasteiger partial charge in [0.25, 0.3) is 0 Å². The first-order valence-corrected chi connectivity index (χ1v) is 10.7. The van der Waals surface area contributed by atoms with Crippen LogP contribution in [0.3, 0.4) is 0 Å². The smallest absolute Gasteiger partial charge is 0.234 e. The maximum atomic E-state index is 12.3. The van der Waals surface area contributed by atoms with E-state index in [9.17, 15) is 4.79 Å². The predicted molar refractivity (Wildman–Crippen MR) is 118 cm³/mol. The van der Waals surface area contributed by atoms with Crippen molar-refractivity contribution in [3.63, 3.8) is 0 Å². The summed E-state index contributed by atoms with van der Waals surface area (Å²) in [7, 11) is 3.11. The molecule has 0 aliphatic carbocycles. The molecule has 29 heavy (non-hydrogen) atoms. The van der Waals surface area contributed by atoms with Crippen molar-refractivity contribution in [3.8, 4) is 11.5 Å². The molecule has 0 saturated carbocycles. The van der Waals surface area contributed by atoms with Crippen molar-refractivity contribution in [2.75, 3.05) is 30.6 Å². The van der Waals surface area contributed by atoms with Crippen LogP contribution in [0, 0.1) is 6.92 Å². The van der Waals surface area contributed by atoms with Crippen LogP contribution < -0.4 is 20.1 Å². The van der Waals surface area contributed by atoms with Crippen LogP contribution in [0.5, 0.6) is 11.5 Å². The van der Waals surface area contributed by atoms with Gasteiger partial charge >= 0.3 is 0 Å². The van der Waals surface area contributed by atoms with Gasteiger partial charge in [-0.1, -0.05) is 40.8 Å². The summed E-state index contributed by atoms with van der Waals surface area (Å²) in [6.07, 6.45) is 0. The molecule has 0 saturated heterocycles. The topological polar surface area (TPSA) is 85.4 Å². The first-order chi connectivity index (χ1) is 14.0. The van der Waals surface area contributed by atoms with Gasteiger partial charge in [-0.25, -0.2) is 0 Å². The highest BCUT2D eigenvalue weighted by molar-refractivity contribution is 8.01. The minimum Gasteiger partial charge on any atom is -0.497 e. The van der Waals surface area contributed by atoms with Gasteiger partial charge in [0.15, 0.2) is 4.34 Å². The second-order valence-corrected chi connectivity index (χ2v) is 8.42. The van der Waals surface area contributed by atoms with E-state index in [0.717, 1.165) is 11.3 Å². The van der Waals surface area contributed by atoms with Crippen LogP contribution in [0.1, 0.15) is 5.56 Å². The maximum Gasteiger partial charge on any atom is 0.234 e. The van der Waals surface area contributed by atoms with E-state index in [1.165, 1.54) is 23.1 Å². The molecular formula is C19H19ClN4O3S2. The Labute approximate surface area is 181 Å². The number of thioether (sulfide) groups is 1. The Morgan fingerprint density at radius 1 is 1.17 bits per heavy atom. The minimum atomic E-state index is -0.183. The van der Waals surface area contributed by atoms with Gasteiger partial charge in [0.1, 0.15) is 11.5 Å². The van der Waals surface area contributed by atoms with Crippen molar-refractivity contribution in [2.24, 2.45) is 0 Å². The number of nitrogens with one attached hydrogen (secondary N) is 2. The second-order valence-electron chi connectivity index (χ2n) is 5.81. The Morgan fingerprint density at radius 3 is 2.76 bits per heavy atom.